The number of nitrogens with zero attached hydrogens (tertiary/aromatic N) is 1. The maximum atomic E-state index is 11.8. The SMILES string of the molecule is COc1ccc(CSCC(=O)N/N=C\c2ccc3c(c2)OCO3)cc1. The van der Waals surface area contributed by atoms with E-state index in [1.165, 1.54) is 11.8 Å². The van der Waals surface area contributed by atoms with Crippen molar-refractivity contribution in [3.63, 3.8) is 0 Å². The quantitative estimate of drug-likeness (QED) is 0.609. The van der Waals surface area contributed by atoms with Crippen LogP contribution in [-0.2, 0) is 10.5 Å². The summed E-state index contributed by atoms with van der Waals surface area (Å²) in [5, 5.41) is 3.96. The van der Waals surface area contributed by atoms with Crippen molar-refractivity contribution in [1.29, 1.82) is 0 Å². The Morgan fingerprint density at radius 3 is 2.84 bits per heavy atom. The molecule has 1 aliphatic heterocycles. The van der Waals surface area contributed by atoms with Gasteiger partial charge >= 0.3 is 0 Å². The number of nitrogens with one attached hydrogen (secondary N) is 1. The molecule has 7 heteroatoms. The van der Waals surface area contributed by atoms with Crippen LogP contribution in [0, 0.1) is 0 Å². The first kappa shape index (κ1) is 17.2. The van der Waals surface area contributed by atoms with Crippen LogP contribution in [-0.4, -0.2) is 31.8 Å². The van der Waals surface area contributed by atoms with E-state index in [-0.39, 0.29) is 12.7 Å². The van der Waals surface area contributed by atoms with Crippen LogP contribution in [0.25, 0.3) is 0 Å². The number of carbonyl (C=O) groups is 1. The van der Waals surface area contributed by atoms with E-state index in [0.717, 1.165) is 28.4 Å². The molecule has 0 bridgehead atoms. The van der Waals surface area contributed by atoms with Crippen LogP contribution in [0.4, 0.5) is 0 Å². The molecule has 3 rings (SSSR count). The van der Waals surface area contributed by atoms with E-state index in [1.54, 1.807) is 13.3 Å². The predicted molar refractivity (Wildman–Crippen MR) is 97.5 cm³/mol. The number of carbonyl (C=O) groups excluding carboxylic acids is 1. The highest BCUT2D eigenvalue weighted by molar-refractivity contribution is 7.99. The zero-order chi connectivity index (χ0) is 17.5. The molecule has 0 spiro atoms. The van der Waals surface area contributed by atoms with Gasteiger partial charge in [0.1, 0.15) is 5.75 Å². The topological polar surface area (TPSA) is 69.2 Å². The third-order valence-corrected chi connectivity index (χ3v) is 4.46. The average molecular weight is 358 g/mol. The van der Waals surface area contributed by atoms with Gasteiger partial charge in [0.05, 0.1) is 19.1 Å². The van der Waals surface area contributed by atoms with Crippen molar-refractivity contribution < 1.29 is 19.0 Å². The number of hydrazone groups is 1. The number of rotatable bonds is 7. The fourth-order valence-corrected chi connectivity index (χ4v) is 2.97. The summed E-state index contributed by atoms with van der Waals surface area (Å²) in [6.07, 6.45) is 1.58. The Kier molecular flexibility index (Phi) is 5.79. The van der Waals surface area contributed by atoms with E-state index in [4.69, 9.17) is 14.2 Å². The maximum absolute atomic E-state index is 11.8. The minimum atomic E-state index is -0.143. The van der Waals surface area contributed by atoms with Gasteiger partial charge in [0, 0.05) is 5.75 Å². The standard InChI is InChI=1S/C18H18N2O4S/c1-22-15-5-2-13(3-6-15)10-25-11-18(21)20-19-9-14-4-7-16-17(8-14)24-12-23-16/h2-9H,10-12H2,1H3,(H,20,21)/b19-9-. The molecule has 1 heterocycles. The van der Waals surface area contributed by atoms with Crippen molar-refractivity contribution >= 4 is 23.9 Å². The maximum Gasteiger partial charge on any atom is 0.250 e. The molecular formula is C18H18N2O4S. The van der Waals surface area contributed by atoms with E-state index in [2.05, 4.69) is 10.5 Å². The average Bonchev–Trinajstić information content (AvgIpc) is 3.10. The molecule has 0 aliphatic carbocycles. The monoisotopic (exact) mass is 358 g/mol. The van der Waals surface area contributed by atoms with Crippen molar-refractivity contribution in [1.82, 2.24) is 5.43 Å². The molecule has 0 atom stereocenters. The first-order valence-electron chi connectivity index (χ1n) is 7.67. The molecule has 0 fully saturated rings. The number of hydrogen-bond donors (Lipinski definition) is 1. The molecule has 2 aromatic carbocycles. The van der Waals surface area contributed by atoms with Crippen molar-refractivity contribution in [3.8, 4) is 17.2 Å². The lowest BCUT2D eigenvalue weighted by atomic mass is 10.2. The largest absolute Gasteiger partial charge is 0.497 e. The summed E-state index contributed by atoms with van der Waals surface area (Å²) in [5.74, 6) is 3.18. The number of benzene rings is 2. The normalized spacial score (nSPS) is 12.4. The van der Waals surface area contributed by atoms with Crippen LogP contribution < -0.4 is 19.6 Å². The Morgan fingerprint density at radius 2 is 2.04 bits per heavy atom. The highest BCUT2D eigenvalue weighted by Gasteiger charge is 2.12. The smallest absolute Gasteiger partial charge is 0.250 e. The van der Waals surface area contributed by atoms with Crippen molar-refractivity contribution in [3.05, 3.63) is 53.6 Å². The van der Waals surface area contributed by atoms with Gasteiger partial charge in [-0.1, -0.05) is 12.1 Å². The molecule has 0 unspecified atom stereocenters. The highest BCUT2D eigenvalue weighted by atomic mass is 32.2. The van der Waals surface area contributed by atoms with Crippen LogP contribution in [0.2, 0.25) is 0 Å². The number of hydrogen-bond acceptors (Lipinski definition) is 6. The summed E-state index contributed by atoms with van der Waals surface area (Å²) in [6, 6.07) is 13.3. The van der Waals surface area contributed by atoms with Crippen molar-refractivity contribution in [2.24, 2.45) is 5.10 Å². The number of ether oxygens (including phenoxy) is 3. The molecule has 6 nitrogen and oxygen atoms in total. The van der Waals surface area contributed by atoms with E-state index in [9.17, 15) is 4.79 Å². The Bertz CT molecular complexity index is 762. The van der Waals surface area contributed by atoms with E-state index < -0.39 is 0 Å². The fourth-order valence-electron chi connectivity index (χ4n) is 2.19. The molecule has 1 amide bonds. The molecule has 0 aromatic heterocycles. The molecule has 1 N–H and O–H groups in total. The third kappa shape index (κ3) is 4.90. The van der Waals surface area contributed by atoms with Gasteiger partial charge in [-0.25, -0.2) is 5.43 Å². The predicted octanol–water partition coefficient (Wildman–Crippen LogP) is 2.81. The summed E-state index contributed by atoms with van der Waals surface area (Å²) in [5.41, 5.74) is 4.49. The lowest BCUT2D eigenvalue weighted by Gasteiger charge is -2.03. The third-order valence-electron chi connectivity index (χ3n) is 3.46. The number of methoxy groups -OCH3 is 1. The minimum Gasteiger partial charge on any atom is -0.497 e. The van der Waals surface area contributed by atoms with Gasteiger partial charge in [-0.2, -0.15) is 5.10 Å². The molecule has 0 saturated heterocycles. The van der Waals surface area contributed by atoms with Crippen LogP contribution in [0.3, 0.4) is 0 Å². The first-order chi connectivity index (χ1) is 12.2. The van der Waals surface area contributed by atoms with Crippen LogP contribution in [0.1, 0.15) is 11.1 Å². The summed E-state index contributed by atoms with van der Waals surface area (Å²) < 4.78 is 15.7. The van der Waals surface area contributed by atoms with Gasteiger partial charge in [-0.3, -0.25) is 4.79 Å². The van der Waals surface area contributed by atoms with E-state index >= 15 is 0 Å². The van der Waals surface area contributed by atoms with Crippen LogP contribution >= 0.6 is 11.8 Å². The number of thioether (sulfide) groups is 1. The Labute approximate surface area is 150 Å². The molecule has 2 aromatic rings. The molecule has 1 aliphatic rings. The molecule has 25 heavy (non-hydrogen) atoms. The summed E-state index contributed by atoms with van der Waals surface area (Å²) in [4.78, 5) is 11.8. The first-order valence-corrected chi connectivity index (χ1v) is 8.82. The van der Waals surface area contributed by atoms with Crippen LogP contribution in [0.15, 0.2) is 47.6 Å². The van der Waals surface area contributed by atoms with Gasteiger partial charge < -0.3 is 14.2 Å². The van der Waals surface area contributed by atoms with Crippen molar-refractivity contribution in [2.45, 2.75) is 5.75 Å². The second-order valence-corrected chi connectivity index (χ2v) is 6.23. The van der Waals surface area contributed by atoms with Gasteiger partial charge in [-0.05, 0) is 41.5 Å². The van der Waals surface area contributed by atoms with Gasteiger partial charge in [0.25, 0.3) is 0 Å². The summed E-state index contributed by atoms with van der Waals surface area (Å²) in [7, 11) is 1.64. The lowest BCUT2D eigenvalue weighted by Crippen LogP contribution is -2.19. The Balaban J connectivity index is 1.40. The second-order valence-electron chi connectivity index (χ2n) is 5.25. The van der Waals surface area contributed by atoms with Gasteiger partial charge in [0.15, 0.2) is 11.5 Å². The summed E-state index contributed by atoms with van der Waals surface area (Å²) >= 11 is 1.53. The fraction of sp³-hybridized carbons (Fsp3) is 0.222. The number of fused-ring (bicyclic) bond motifs is 1. The van der Waals surface area contributed by atoms with Gasteiger partial charge in [0.2, 0.25) is 12.7 Å². The van der Waals surface area contributed by atoms with E-state index in [0.29, 0.717) is 11.5 Å². The highest BCUT2D eigenvalue weighted by Crippen LogP contribution is 2.31. The molecule has 130 valence electrons. The minimum absolute atomic E-state index is 0.143. The van der Waals surface area contributed by atoms with Crippen LogP contribution in [0.5, 0.6) is 17.2 Å². The molecular weight excluding hydrogens is 340 g/mol. The molecule has 0 saturated carbocycles. The zero-order valence-corrected chi connectivity index (χ0v) is 14.5. The van der Waals surface area contributed by atoms with Gasteiger partial charge in [-0.15, -0.1) is 11.8 Å². The van der Waals surface area contributed by atoms with Crippen molar-refractivity contribution in [2.75, 3.05) is 19.7 Å². The Hall–Kier alpha value is -2.67. The zero-order valence-electron chi connectivity index (χ0n) is 13.7. The van der Waals surface area contributed by atoms with E-state index in [1.807, 2.05) is 42.5 Å². The number of amides is 1. The lowest BCUT2D eigenvalue weighted by molar-refractivity contribution is -0.118. The molecule has 0 radical (unpaired) electrons. The summed E-state index contributed by atoms with van der Waals surface area (Å²) in [6.45, 7) is 0.234. The second kappa shape index (κ2) is 8.43. The Morgan fingerprint density at radius 1 is 1.24 bits per heavy atom.